The van der Waals surface area contributed by atoms with E-state index >= 15 is 0 Å². The van der Waals surface area contributed by atoms with E-state index in [2.05, 4.69) is 9.84 Å². The summed E-state index contributed by atoms with van der Waals surface area (Å²) in [4.78, 5) is 11.9. The zero-order valence-electron chi connectivity index (χ0n) is 9.14. The Kier molecular flexibility index (Phi) is 3.05. The largest absolute Gasteiger partial charge is 0.465 e. The summed E-state index contributed by atoms with van der Waals surface area (Å²) < 4.78 is 6.56. The molecule has 0 bridgehead atoms. The summed E-state index contributed by atoms with van der Waals surface area (Å²) in [6, 6.07) is 3.77. The fourth-order valence-electron chi connectivity index (χ4n) is 1.51. The predicted octanol–water partition coefficient (Wildman–Crippen LogP) is 2.42. The van der Waals surface area contributed by atoms with Crippen LogP contribution in [0.1, 0.15) is 16.6 Å². The molecule has 0 radical (unpaired) electrons. The summed E-state index contributed by atoms with van der Waals surface area (Å²) >= 11 is 1.38. The highest BCUT2D eigenvalue weighted by atomic mass is 32.1. The molecule has 0 aliphatic carbocycles. The monoisotopic (exact) mass is 236 g/mol. The number of aromatic nitrogens is 2. The number of thiophene rings is 1. The molecule has 0 unspecified atom stereocenters. The fourth-order valence-corrected chi connectivity index (χ4v) is 2.33. The Hall–Kier alpha value is -1.62. The summed E-state index contributed by atoms with van der Waals surface area (Å²) in [5.41, 5.74) is 2.03. The molecule has 16 heavy (non-hydrogen) atoms. The molecule has 5 heteroatoms. The van der Waals surface area contributed by atoms with E-state index in [-0.39, 0.29) is 5.97 Å². The van der Waals surface area contributed by atoms with Crippen LogP contribution in [0.2, 0.25) is 0 Å². The second kappa shape index (κ2) is 4.49. The van der Waals surface area contributed by atoms with Crippen molar-refractivity contribution < 1.29 is 9.53 Å². The predicted molar refractivity (Wildman–Crippen MR) is 62.6 cm³/mol. The van der Waals surface area contributed by atoms with Gasteiger partial charge in [0.25, 0.3) is 0 Å². The SMILES string of the molecule is CCn1nccc1-c1csc(C(=O)OC)c1. The van der Waals surface area contributed by atoms with Crippen LogP contribution in [0.25, 0.3) is 11.3 Å². The van der Waals surface area contributed by atoms with Crippen LogP contribution in [0.5, 0.6) is 0 Å². The van der Waals surface area contributed by atoms with Crippen LogP contribution < -0.4 is 0 Å². The Bertz CT molecular complexity index is 502. The number of hydrogen-bond donors (Lipinski definition) is 0. The van der Waals surface area contributed by atoms with Crippen LogP contribution in [0.15, 0.2) is 23.7 Å². The van der Waals surface area contributed by atoms with Crippen LogP contribution in [-0.4, -0.2) is 22.9 Å². The minimum Gasteiger partial charge on any atom is -0.465 e. The molecule has 0 atom stereocenters. The Morgan fingerprint density at radius 2 is 2.44 bits per heavy atom. The lowest BCUT2D eigenvalue weighted by atomic mass is 10.2. The lowest BCUT2D eigenvalue weighted by molar-refractivity contribution is 0.0606. The Morgan fingerprint density at radius 1 is 1.62 bits per heavy atom. The highest BCUT2D eigenvalue weighted by Gasteiger charge is 2.12. The first kappa shape index (κ1) is 10.9. The van der Waals surface area contributed by atoms with E-state index in [1.165, 1.54) is 18.4 Å². The highest BCUT2D eigenvalue weighted by molar-refractivity contribution is 7.12. The molecule has 0 spiro atoms. The van der Waals surface area contributed by atoms with Gasteiger partial charge in [0.2, 0.25) is 0 Å². The van der Waals surface area contributed by atoms with Crippen molar-refractivity contribution in [3.8, 4) is 11.3 Å². The number of rotatable bonds is 3. The molecule has 2 aromatic heterocycles. The van der Waals surface area contributed by atoms with Gasteiger partial charge in [-0.2, -0.15) is 5.10 Å². The second-order valence-corrected chi connectivity index (χ2v) is 4.13. The Labute approximate surface area is 97.5 Å². The maximum Gasteiger partial charge on any atom is 0.348 e. The average Bonchev–Trinajstić information content (AvgIpc) is 2.95. The third kappa shape index (κ3) is 1.86. The number of methoxy groups -OCH3 is 1. The number of esters is 1. The summed E-state index contributed by atoms with van der Waals surface area (Å²) in [6.07, 6.45) is 1.76. The Morgan fingerprint density at radius 3 is 3.12 bits per heavy atom. The molecule has 0 aromatic carbocycles. The van der Waals surface area contributed by atoms with Gasteiger partial charge in [0.1, 0.15) is 4.88 Å². The molecule has 0 aliphatic rings. The third-order valence-corrected chi connectivity index (χ3v) is 3.21. The van der Waals surface area contributed by atoms with Crippen molar-refractivity contribution in [2.45, 2.75) is 13.5 Å². The van der Waals surface area contributed by atoms with Crippen LogP contribution in [0.4, 0.5) is 0 Å². The summed E-state index contributed by atoms with van der Waals surface area (Å²) in [5, 5.41) is 6.13. The van der Waals surface area contributed by atoms with Crippen LogP contribution in [-0.2, 0) is 11.3 Å². The van der Waals surface area contributed by atoms with Gasteiger partial charge in [0, 0.05) is 23.7 Å². The molecule has 0 fully saturated rings. The van der Waals surface area contributed by atoms with E-state index in [9.17, 15) is 4.79 Å². The number of hydrogen-bond acceptors (Lipinski definition) is 4. The zero-order chi connectivity index (χ0) is 11.5. The number of aryl methyl sites for hydroxylation is 1. The number of nitrogens with zero attached hydrogens (tertiary/aromatic N) is 2. The van der Waals surface area contributed by atoms with Crippen molar-refractivity contribution in [3.63, 3.8) is 0 Å². The lowest BCUT2D eigenvalue weighted by Crippen LogP contribution is -1.99. The van der Waals surface area contributed by atoms with E-state index in [1.54, 1.807) is 6.20 Å². The molecule has 0 aliphatic heterocycles. The summed E-state index contributed by atoms with van der Waals surface area (Å²) in [7, 11) is 1.39. The molecular formula is C11H12N2O2S. The van der Waals surface area contributed by atoms with E-state index < -0.39 is 0 Å². The number of ether oxygens (including phenoxy) is 1. The second-order valence-electron chi connectivity index (χ2n) is 3.22. The van der Waals surface area contributed by atoms with Gasteiger partial charge in [-0.05, 0) is 19.1 Å². The van der Waals surface area contributed by atoms with Crippen molar-refractivity contribution in [2.24, 2.45) is 0 Å². The molecular weight excluding hydrogens is 224 g/mol. The van der Waals surface area contributed by atoms with Crippen molar-refractivity contribution in [1.82, 2.24) is 9.78 Å². The van der Waals surface area contributed by atoms with E-state index in [0.717, 1.165) is 17.8 Å². The van der Waals surface area contributed by atoms with E-state index in [1.807, 2.05) is 29.1 Å². The molecule has 84 valence electrons. The quantitative estimate of drug-likeness (QED) is 0.769. The van der Waals surface area contributed by atoms with Crippen LogP contribution >= 0.6 is 11.3 Å². The summed E-state index contributed by atoms with van der Waals surface area (Å²) in [6.45, 7) is 2.84. The van der Waals surface area contributed by atoms with Gasteiger partial charge in [-0.15, -0.1) is 11.3 Å². The maximum atomic E-state index is 11.3. The fraction of sp³-hybridized carbons (Fsp3) is 0.273. The molecule has 2 rings (SSSR count). The van der Waals surface area contributed by atoms with Gasteiger partial charge < -0.3 is 4.74 Å². The summed E-state index contributed by atoms with van der Waals surface area (Å²) in [5.74, 6) is -0.293. The van der Waals surface area contributed by atoms with Crippen molar-refractivity contribution >= 4 is 17.3 Å². The smallest absolute Gasteiger partial charge is 0.348 e. The van der Waals surface area contributed by atoms with Crippen LogP contribution in [0, 0.1) is 0 Å². The van der Waals surface area contributed by atoms with Gasteiger partial charge in [-0.25, -0.2) is 4.79 Å². The zero-order valence-corrected chi connectivity index (χ0v) is 9.95. The van der Waals surface area contributed by atoms with Crippen LogP contribution in [0.3, 0.4) is 0 Å². The van der Waals surface area contributed by atoms with E-state index in [4.69, 9.17) is 0 Å². The average molecular weight is 236 g/mol. The highest BCUT2D eigenvalue weighted by Crippen LogP contribution is 2.25. The minimum atomic E-state index is -0.293. The Balaban J connectivity index is 2.35. The molecule has 0 amide bonds. The van der Waals surface area contributed by atoms with Gasteiger partial charge in [-0.1, -0.05) is 0 Å². The molecule has 0 saturated heterocycles. The van der Waals surface area contributed by atoms with E-state index in [0.29, 0.717) is 4.88 Å². The first-order valence-electron chi connectivity index (χ1n) is 4.95. The minimum absolute atomic E-state index is 0.293. The molecule has 0 saturated carbocycles. The molecule has 2 aromatic rings. The molecule has 4 nitrogen and oxygen atoms in total. The molecule has 0 N–H and O–H groups in total. The molecule has 2 heterocycles. The van der Waals surface area contributed by atoms with Gasteiger partial charge in [-0.3, -0.25) is 4.68 Å². The standard InChI is InChI=1S/C11H12N2O2S/c1-3-13-9(4-5-12-13)8-6-10(16-7-8)11(14)15-2/h4-7H,3H2,1-2H3. The lowest BCUT2D eigenvalue weighted by Gasteiger charge is -2.01. The van der Waals surface area contributed by atoms with Crippen molar-refractivity contribution in [2.75, 3.05) is 7.11 Å². The first-order valence-corrected chi connectivity index (χ1v) is 5.83. The van der Waals surface area contributed by atoms with Gasteiger partial charge in [0.15, 0.2) is 0 Å². The first-order chi connectivity index (χ1) is 7.76. The normalized spacial score (nSPS) is 10.4. The van der Waals surface area contributed by atoms with Gasteiger partial charge in [0.05, 0.1) is 12.8 Å². The van der Waals surface area contributed by atoms with Gasteiger partial charge >= 0.3 is 5.97 Å². The van der Waals surface area contributed by atoms with Crippen molar-refractivity contribution in [3.05, 3.63) is 28.6 Å². The number of carbonyl (C=O) groups is 1. The third-order valence-electron chi connectivity index (χ3n) is 2.30. The maximum absolute atomic E-state index is 11.3. The number of carbonyl (C=O) groups excluding carboxylic acids is 1. The van der Waals surface area contributed by atoms with Crippen molar-refractivity contribution in [1.29, 1.82) is 0 Å². The topological polar surface area (TPSA) is 44.1 Å².